The number of imidazole rings is 1. The Kier molecular flexibility index (Phi) is 3.98. The normalized spacial score (nSPS) is 10.9. The highest BCUT2D eigenvalue weighted by Crippen LogP contribution is 2.32. The van der Waals surface area contributed by atoms with E-state index in [1.165, 1.54) is 5.56 Å². The highest BCUT2D eigenvalue weighted by Gasteiger charge is 2.14. The molecule has 22 heavy (non-hydrogen) atoms. The quantitative estimate of drug-likeness (QED) is 0.786. The van der Waals surface area contributed by atoms with Crippen LogP contribution in [0.15, 0.2) is 42.5 Å². The predicted molar refractivity (Wildman–Crippen MR) is 86.3 cm³/mol. The molecule has 0 spiro atoms. The summed E-state index contributed by atoms with van der Waals surface area (Å²) in [5, 5.41) is 0. The van der Waals surface area contributed by atoms with E-state index in [9.17, 15) is 0 Å². The lowest BCUT2D eigenvalue weighted by Crippen LogP contribution is -2.09. The second-order valence-electron chi connectivity index (χ2n) is 5.00. The zero-order valence-corrected chi connectivity index (χ0v) is 12.7. The molecule has 0 aliphatic rings. The van der Waals surface area contributed by atoms with Gasteiger partial charge in [-0.15, -0.1) is 0 Å². The van der Waals surface area contributed by atoms with Gasteiger partial charge in [-0.25, -0.2) is 4.98 Å². The van der Waals surface area contributed by atoms with Crippen molar-refractivity contribution in [2.75, 3.05) is 14.2 Å². The van der Waals surface area contributed by atoms with Crippen molar-refractivity contribution in [3.05, 3.63) is 53.9 Å². The number of hydrogen-bond donors (Lipinski definition) is 1. The number of aromatic nitrogens is 2. The third kappa shape index (κ3) is 2.51. The number of rotatable bonds is 5. The van der Waals surface area contributed by atoms with E-state index in [1.807, 2.05) is 30.3 Å². The number of benzene rings is 2. The molecule has 3 aromatic rings. The second-order valence-corrected chi connectivity index (χ2v) is 5.00. The van der Waals surface area contributed by atoms with Gasteiger partial charge in [0, 0.05) is 18.7 Å². The molecule has 0 fully saturated rings. The molecule has 0 radical (unpaired) electrons. The molecule has 2 N–H and O–H groups in total. The van der Waals surface area contributed by atoms with Gasteiger partial charge in [0.15, 0.2) is 11.5 Å². The standard InChI is InChI=1S/C17H19N3O2/c1-21-15-8-13-14(9-16(15)22-2)20(17(10-18)19-13)11-12-6-4-3-5-7-12/h3-9H,10-11,18H2,1-2H3. The van der Waals surface area contributed by atoms with Crippen molar-refractivity contribution in [3.8, 4) is 11.5 Å². The molecule has 1 heterocycles. The SMILES string of the molecule is COc1cc2nc(CN)n(Cc3ccccc3)c2cc1OC. The number of nitrogens with two attached hydrogens (primary N) is 1. The zero-order chi connectivity index (χ0) is 15.5. The first kappa shape index (κ1) is 14.4. The van der Waals surface area contributed by atoms with E-state index in [1.54, 1.807) is 14.2 Å². The zero-order valence-electron chi connectivity index (χ0n) is 12.7. The van der Waals surface area contributed by atoms with E-state index in [2.05, 4.69) is 21.7 Å². The van der Waals surface area contributed by atoms with Crippen LogP contribution in [0.5, 0.6) is 11.5 Å². The third-order valence-corrected chi connectivity index (χ3v) is 3.70. The molecule has 0 bridgehead atoms. The number of ether oxygens (including phenoxy) is 2. The Labute approximate surface area is 129 Å². The maximum absolute atomic E-state index is 5.86. The number of nitrogens with zero attached hydrogens (tertiary/aromatic N) is 2. The van der Waals surface area contributed by atoms with Crippen LogP contribution in [0, 0.1) is 0 Å². The molecule has 0 atom stereocenters. The summed E-state index contributed by atoms with van der Waals surface area (Å²) in [4.78, 5) is 4.61. The van der Waals surface area contributed by atoms with Gasteiger partial charge < -0.3 is 19.8 Å². The van der Waals surface area contributed by atoms with Crippen LogP contribution < -0.4 is 15.2 Å². The summed E-state index contributed by atoms with van der Waals surface area (Å²) in [6.07, 6.45) is 0. The van der Waals surface area contributed by atoms with Crippen LogP contribution in [-0.2, 0) is 13.1 Å². The maximum Gasteiger partial charge on any atom is 0.163 e. The van der Waals surface area contributed by atoms with Gasteiger partial charge in [0.1, 0.15) is 5.82 Å². The number of fused-ring (bicyclic) bond motifs is 1. The Morgan fingerprint density at radius 2 is 1.73 bits per heavy atom. The molecular weight excluding hydrogens is 278 g/mol. The first-order valence-electron chi connectivity index (χ1n) is 7.12. The maximum atomic E-state index is 5.86. The van der Waals surface area contributed by atoms with Crippen molar-refractivity contribution in [2.45, 2.75) is 13.1 Å². The molecule has 0 unspecified atom stereocenters. The molecule has 0 saturated carbocycles. The molecule has 5 nitrogen and oxygen atoms in total. The Hall–Kier alpha value is -2.53. The van der Waals surface area contributed by atoms with Crippen LogP contribution in [0.3, 0.4) is 0 Å². The summed E-state index contributed by atoms with van der Waals surface area (Å²) in [6, 6.07) is 14.1. The topological polar surface area (TPSA) is 62.3 Å². The van der Waals surface area contributed by atoms with E-state index in [-0.39, 0.29) is 0 Å². The minimum Gasteiger partial charge on any atom is -0.493 e. The summed E-state index contributed by atoms with van der Waals surface area (Å²) in [5.41, 5.74) is 8.91. The van der Waals surface area contributed by atoms with Gasteiger partial charge in [-0.1, -0.05) is 30.3 Å². The monoisotopic (exact) mass is 297 g/mol. The fourth-order valence-corrected chi connectivity index (χ4v) is 2.60. The van der Waals surface area contributed by atoms with Gasteiger partial charge in [0.2, 0.25) is 0 Å². The average molecular weight is 297 g/mol. The van der Waals surface area contributed by atoms with Crippen molar-refractivity contribution in [1.29, 1.82) is 0 Å². The largest absolute Gasteiger partial charge is 0.493 e. The number of hydrogen-bond acceptors (Lipinski definition) is 4. The van der Waals surface area contributed by atoms with Gasteiger partial charge in [0.25, 0.3) is 0 Å². The van der Waals surface area contributed by atoms with Gasteiger partial charge >= 0.3 is 0 Å². The predicted octanol–water partition coefficient (Wildman–Crippen LogP) is 2.56. The molecule has 0 aliphatic carbocycles. The van der Waals surface area contributed by atoms with E-state index in [0.29, 0.717) is 18.0 Å². The molecule has 1 aromatic heterocycles. The van der Waals surface area contributed by atoms with Gasteiger partial charge in [-0.2, -0.15) is 0 Å². The summed E-state index contributed by atoms with van der Waals surface area (Å²) >= 11 is 0. The first-order chi connectivity index (χ1) is 10.8. The summed E-state index contributed by atoms with van der Waals surface area (Å²) in [5.74, 6) is 2.20. The van der Waals surface area contributed by atoms with Crippen LogP contribution in [0.25, 0.3) is 11.0 Å². The van der Waals surface area contributed by atoms with Gasteiger partial charge in [-0.3, -0.25) is 0 Å². The first-order valence-corrected chi connectivity index (χ1v) is 7.12. The van der Waals surface area contributed by atoms with Crippen LogP contribution in [0.1, 0.15) is 11.4 Å². The second kappa shape index (κ2) is 6.07. The van der Waals surface area contributed by atoms with Crippen molar-refractivity contribution in [2.24, 2.45) is 5.73 Å². The highest BCUT2D eigenvalue weighted by atomic mass is 16.5. The average Bonchev–Trinajstić information content (AvgIpc) is 2.91. The van der Waals surface area contributed by atoms with E-state index < -0.39 is 0 Å². The smallest absolute Gasteiger partial charge is 0.163 e. The Morgan fingerprint density at radius 3 is 2.36 bits per heavy atom. The fraction of sp³-hybridized carbons (Fsp3) is 0.235. The van der Waals surface area contributed by atoms with Crippen LogP contribution in [-0.4, -0.2) is 23.8 Å². The van der Waals surface area contributed by atoms with Gasteiger partial charge in [-0.05, 0) is 5.56 Å². The molecule has 5 heteroatoms. The molecule has 0 saturated heterocycles. The fourth-order valence-electron chi connectivity index (χ4n) is 2.60. The lowest BCUT2D eigenvalue weighted by atomic mass is 10.2. The minimum absolute atomic E-state index is 0.381. The minimum atomic E-state index is 0.381. The lowest BCUT2D eigenvalue weighted by Gasteiger charge is -2.10. The highest BCUT2D eigenvalue weighted by molar-refractivity contribution is 5.80. The van der Waals surface area contributed by atoms with Crippen molar-refractivity contribution in [1.82, 2.24) is 9.55 Å². The summed E-state index contributed by atoms with van der Waals surface area (Å²) in [7, 11) is 3.25. The third-order valence-electron chi connectivity index (χ3n) is 3.70. The van der Waals surface area contributed by atoms with E-state index in [4.69, 9.17) is 15.2 Å². The molecule has 3 rings (SSSR count). The lowest BCUT2D eigenvalue weighted by molar-refractivity contribution is 0.355. The number of methoxy groups -OCH3 is 2. The Balaban J connectivity index is 2.14. The van der Waals surface area contributed by atoms with Crippen molar-refractivity contribution in [3.63, 3.8) is 0 Å². The molecular formula is C17H19N3O2. The summed E-state index contributed by atoms with van der Waals surface area (Å²) in [6.45, 7) is 1.10. The van der Waals surface area contributed by atoms with Crippen LogP contribution >= 0.6 is 0 Å². The molecule has 114 valence electrons. The molecule has 0 aliphatic heterocycles. The van der Waals surface area contributed by atoms with Crippen LogP contribution in [0.2, 0.25) is 0 Å². The van der Waals surface area contributed by atoms with E-state index >= 15 is 0 Å². The molecule has 0 amide bonds. The van der Waals surface area contributed by atoms with E-state index in [0.717, 1.165) is 23.4 Å². The Bertz CT molecular complexity index is 781. The molecule has 2 aromatic carbocycles. The van der Waals surface area contributed by atoms with Crippen molar-refractivity contribution < 1.29 is 9.47 Å². The van der Waals surface area contributed by atoms with Crippen LogP contribution in [0.4, 0.5) is 0 Å². The summed E-state index contributed by atoms with van der Waals surface area (Å²) < 4.78 is 12.9. The van der Waals surface area contributed by atoms with Gasteiger partial charge in [0.05, 0.1) is 31.8 Å². The van der Waals surface area contributed by atoms with Crippen molar-refractivity contribution >= 4 is 11.0 Å². The Morgan fingerprint density at radius 1 is 1.05 bits per heavy atom.